The van der Waals surface area contributed by atoms with Crippen LogP contribution in [-0.4, -0.2) is 28.0 Å². The van der Waals surface area contributed by atoms with Gasteiger partial charge in [0.15, 0.2) is 0 Å². The van der Waals surface area contributed by atoms with Gasteiger partial charge in [-0.25, -0.2) is 9.48 Å². The summed E-state index contributed by atoms with van der Waals surface area (Å²) >= 11 is 0. The molecule has 1 atom stereocenters. The predicted octanol–water partition coefficient (Wildman–Crippen LogP) is 1.76. The monoisotopic (exact) mass is 259 g/mol. The number of carboxylic acids is 1. The maximum Gasteiger partial charge on any atom is 0.341 e. The maximum atomic E-state index is 11.0. The fourth-order valence-electron chi connectivity index (χ4n) is 2.24. The van der Waals surface area contributed by atoms with Crippen molar-refractivity contribution in [1.29, 1.82) is 0 Å². The highest BCUT2D eigenvalue weighted by atomic mass is 16.5. The SMILES string of the molecule is COc1ccc(C2Cn3ncc(C(=O)O)c3N2)cc1. The molecule has 98 valence electrons. The van der Waals surface area contributed by atoms with Crippen molar-refractivity contribution in [2.75, 3.05) is 12.4 Å². The lowest BCUT2D eigenvalue weighted by Crippen LogP contribution is -2.08. The van der Waals surface area contributed by atoms with Crippen LogP contribution in [0, 0.1) is 0 Å². The molecule has 0 aliphatic carbocycles. The third kappa shape index (κ3) is 1.91. The minimum atomic E-state index is -0.968. The second-order valence-corrected chi connectivity index (χ2v) is 4.36. The van der Waals surface area contributed by atoms with E-state index in [1.807, 2.05) is 24.3 Å². The fraction of sp³-hybridized carbons (Fsp3) is 0.231. The summed E-state index contributed by atoms with van der Waals surface area (Å²) in [6.07, 6.45) is 1.37. The zero-order valence-electron chi connectivity index (χ0n) is 10.3. The number of anilines is 1. The number of carbonyl (C=O) groups is 1. The quantitative estimate of drug-likeness (QED) is 0.878. The highest BCUT2D eigenvalue weighted by Gasteiger charge is 2.27. The van der Waals surface area contributed by atoms with Gasteiger partial charge in [-0.1, -0.05) is 12.1 Å². The van der Waals surface area contributed by atoms with Crippen molar-refractivity contribution >= 4 is 11.8 Å². The summed E-state index contributed by atoms with van der Waals surface area (Å²) < 4.78 is 6.79. The van der Waals surface area contributed by atoms with Crippen LogP contribution < -0.4 is 10.1 Å². The number of methoxy groups -OCH3 is 1. The van der Waals surface area contributed by atoms with Gasteiger partial charge in [0, 0.05) is 0 Å². The lowest BCUT2D eigenvalue weighted by molar-refractivity contribution is 0.0698. The van der Waals surface area contributed by atoms with E-state index in [4.69, 9.17) is 9.84 Å². The molecule has 1 aromatic heterocycles. The van der Waals surface area contributed by atoms with E-state index in [-0.39, 0.29) is 11.6 Å². The van der Waals surface area contributed by atoms with E-state index in [2.05, 4.69) is 10.4 Å². The fourth-order valence-corrected chi connectivity index (χ4v) is 2.24. The predicted molar refractivity (Wildman–Crippen MR) is 68.5 cm³/mol. The van der Waals surface area contributed by atoms with Crippen LogP contribution in [-0.2, 0) is 6.54 Å². The second-order valence-electron chi connectivity index (χ2n) is 4.36. The third-order valence-corrected chi connectivity index (χ3v) is 3.25. The number of carboxylic acid groups (broad SMARTS) is 1. The van der Waals surface area contributed by atoms with Crippen LogP contribution >= 0.6 is 0 Å². The lowest BCUT2D eigenvalue weighted by Gasteiger charge is -2.11. The van der Waals surface area contributed by atoms with Crippen LogP contribution in [0.2, 0.25) is 0 Å². The van der Waals surface area contributed by atoms with Crippen molar-refractivity contribution in [2.45, 2.75) is 12.6 Å². The Morgan fingerprint density at radius 3 is 2.84 bits per heavy atom. The Morgan fingerprint density at radius 2 is 2.21 bits per heavy atom. The van der Waals surface area contributed by atoms with Crippen molar-refractivity contribution in [3.63, 3.8) is 0 Å². The summed E-state index contributed by atoms with van der Waals surface area (Å²) in [5.41, 5.74) is 1.28. The first-order valence-corrected chi connectivity index (χ1v) is 5.88. The standard InChI is InChI=1S/C13H13N3O3/c1-19-9-4-2-8(3-5-9)11-7-16-12(15-11)10(6-14-16)13(17)18/h2-6,11,15H,7H2,1H3,(H,17,18). The van der Waals surface area contributed by atoms with Gasteiger partial charge in [-0.3, -0.25) is 0 Å². The molecule has 0 fully saturated rings. The number of fused-ring (bicyclic) bond motifs is 1. The molecular weight excluding hydrogens is 246 g/mol. The van der Waals surface area contributed by atoms with E-state index in [9.17, 15) is 4.79 Å². The molecule has 2 aromatic rings. The number of benzene rings is 1. The molecule has 0 bridgehead atoms. The zero-order chi connectivity index (χ0) is 13.4. The first kappa shape index (κ1) is 11.6. The van der Waals surface area contributed by atoms with Gasteiger partial charge in [-0.15, -0.1) is 0 Å². The van der Waals surface area contributed by atoms with E-state index in [0.29, 0.717) is 12.4 Å². The molecular formula is C13H13N3O3. The highest BCUT2D eigenvalue weighted by Crippen LogP contribution is 2.31. The second kappa shape index (κ2) is 4.31. The largest absolute Gasteiger partial charge is 0.497 e. The normalized spacial score (nSPS) is 16.8. The summed E-state index contributed by atoms with van der Waals surface area (Å²) in [6.45, 7) is 0.620. The number of nitrogens with one attached hydrogen (secondary N) is 1. The van der Waals surface area contributed by atoms with Gasteiger partial charge in [0.1, 0.15) is 17.1 Å². The summed E-state index contributed by atoms with van der Waals surface area (Å²) in [6, 6.07) is 7.73. The topological polar surface area (TPSA) is 76.4 Å². The Hall–Kier alpha value is -2.50. The Bertz CT molecular complexity index is 619. The first-order valence-electron chi connectivity index (χ1n) is 5.88. The van der Waals surface area contributed by atoms with Gasteiger partial charge < -0.3 is 15.2 Å². The first-order chi connectivity index (χ1) is 9.19. The van der Waals surface area contributed by atoms with Gasteiger partial charge in [-0.2, -0.15) is 5.10 Å². The molecule has 1 aliphatic heterocycles. The van der Waals surface area contributed by atoms with Gasteiger partial charge in [0.25, 0.3) is 0 Å². The molecule has 6 heteroatoms. The Balaban J connectivity index is 1.84. The molecule has 0 radical (unpaired) electrons. The molecule has 6 nitrogen and oxygen atoms in total. The number of hydrogen-bond donors (Lipinski definition) is 2. The molecule has 0 saturated carbocycles. The Morgan fingerprint density at radius 1 is 1.47 bits per heavy atom. The van der Waals surface area contributed by atoms with Crippen LogP contribution in [0.4, 0.5) is 5.82 Å². The average molecular weight is 259 g/mol. The summed E-state index contributed by atoms with van der Waals surface area (Å²) in [4.78, 5) is 11.0. The molecule has 19 heavy (non-hydrogen) atoms. The number of aromatic carboxylic acids is 1. The number of aromatic nitrogens is 2. The molecule has 1 aliphatic rings. The summed E-state index contributed by atoms with van der Waals surface area (Å²) in [5, 5.41) is 16.3. The molecule has 0 spiro atoms. The number of hydrogen-bond acceptors (Lipinski definition) is 4. The Kier molecular flexibility index (Phi) is 2.63. The van der Waals surface area contributed by atoms with E-state index in [0.717, 1.165) is 11.3 Å². The average Bonchev–Trinajstić information content (AvgIpc) is 2.98. The molecule has 0 amide bonds. The van der Waals surface area contributed by atoms with Gasteiger partial charge in [-0.05, 0) is 17.7 Å². The molecule has 2 heterocycles. The van der Waals surface area contributed by atoms with Crippen LogP contribution in [0.15, 0.2) is 30.5 Å². The van der Waals surface area contributed by atoms with Crippen molar-refractivity contribution < 1.29 is 14.6 Å². The van der Waals surface area contributed by atoms with Crippen molar-refractivity contribution in [1.82, 2.24) is 9.78 Å². The summed E-state index contributed by atoms with van der Waals surface area (Å²) in [5.74, 6) is 0.392. The van der Waals surface area contributed by atoms with Crippen molar-refractivity contribution in [3.05, 3.63) is 41.6 Å². The van der Waals surface area contributed by atoms with Crippen LogP contribution in [0.25, 0.3) is 0 Å². The number of rotatable bonds is 3. The smallest absolute Gasteiger partial charge is 0.341 e. The lowest BCUT2D eigenvalue weighted by atomic mass is 10.1. The molecule has 2 N–H and O–H groups in total. The van der Waals surface area contributed by atoms with E-state index in [1.165, 1.54) is 6.20 Å². The molecule has 1 aromatic carbocycles. The van der Waals surface area contributed by atoms with E-state index < -0.39 is 5.97 Å². The molecule has 0 saturated heterocycles. The van der Waals surface area contributed by atoms with Crippen LogP contribution in [0.1, 0.15) is 22.0 Å². The minimum Gasteiger partial charge on any atom is -0.497 e. The van der Waals surface area contributed by atoms with Gasteiger partial charge >= 0.3 is 5.97 Å². The highest BCUT2D eigenvalue weighted by molar-refractivity contribution is 5.93. The maximum absolute atomic E-state index is 11.0. The third-order valence-electron chi connectivity index (χ3n) is 3.25. The van der Waals surface area contributed by atoms with Gasteiger partial charge in [0.2, 0.25) is 0 Å². The van der Waals surface area contributed by atoms with Crippen LogP contribution in [0.5, 0.6) is 5.75 Å². The number of nitrogens with zero attached hydrogens (tertiary/aromatic N) is 2. The molecule has 1 unspecified atom stereocenters. The number of ether oxygens (including phenoxy) is 1. The van der Waals surface area contributed by atoms with E-state index >= 15 is 0 Å². The van der Waals surface area contributed by atoms with Crippen molar-refractivity contribution in [3.8, 4) is 5.75 Å². The molecule has 3 rings (SSSR count). The van der Waals surface area contributed by atoms with Gasteiger partial charge in [0.05, 0.1) is 25.9 Å². The van der Waals surface area contributed by atoms with Crippen LogP contribution in [0.3, 0.4) is 0 Å². The van der Waals surface area contributed by atoms with Crippen molar-refractivity contribution in [2.24, 2.45) is 0 Å². The zero-order valence-corrected chi connectivity index (χ0v) is 10.3. The summed E-state index contributed by atoms with van der Waals surface area (Å²) in [7, 11) is 1.62. The minimum absolute atomic E-state index is 0.0349. The van der Waals surface area contributed by atoms with E-state index in [1.54, 1.807) is 11.8 Å². The Labute approximate surface area is 109 Å².